The second-order valence-corrected chi connectivity index (χ2v) is 8.35. The average Bonchev–Trinajstić information content (AvgIpc) is 3.42. The van der Waals surface area contributed by atoms with Crippen molar-refractivity contribution in [1.29, 1.82) is 0 Å². The number of aromatic amines is 1. The summed E-state index contributed by atoms with van der Waals surface area (Å²) in [6, 6.07) is 10.8. The number of aromatic nitrogens is 5. The third kappa shape index (κ3) is 3.85. The van der Waals surface area contributed by atoms with Gasteiger partial charge in [0.2, 0.25) is 5.95 Å². The highest BCUT2D eigenvalue weighted by Gasteiger charge is 2.27. The monoisotopic (exact) mass is 470 g/mol. The van der Waals surface area contributed by atoms with E-state index in [0.717, 1.165) is 11.2 Å². The summed E-state index contributed by atoms with van der Waals surface area (Å²) in [5.41, 5.74) is 2.14. The molecule has 1 amide bonds. The summed E-state index contributed by atoms with van der Waals surface area (Å²) in [6.07, 6.45) is 1.88. The van der Waals surface area contributed by atoms with Crippen LogP contribution < -0.4 is 10.2 Å². The molecule has 4 aromatic rings. The molecular formula is C21H20Cl2N8O. The Morgan fingerprint density at radius 2 is 1.84 bits per heavy atom. The van der Waals surface area contributed by atoms with Crippen LogP contribution in [0.25, 0.3) is 5.52 Å². The molecule has 0 unspecified atom stereocenters. The Hall–Kier alpha value is -3.30. The van der Waals surface area contributed by atoms with E-state index in [1.807, 2.05) is 31.3 Å². The van der Waals surface area contributed by atoms with Gasteiger partial charge in [0.1, 0.15) is 5.52 Å². The van der Waals surface area contributed by atoms with Gasteiger partial charge in [0, 0.05) is 44.1 Å². The summed E-state index contributed by atoms with van der Waals surface area (Å²) in [6.45, 7) is 4.12. The molecule has 1 aliphatic rings. The van der Waals surface area contributed by atoms with Crippen LogP contribution in [0.4, 0.5) is 17.6 Å². The molecular weight excluding hydrogens is 451 g/mol. The normalized spacial score (nSPS) is 14.2. The number of halogens is 2. The molecule has 0 spiro atoms. The number of aryl methyl sites for hydroxylation is 1. The highest BCUT2D eigenvalue weighted by atomic mass is 35.5. The molecule has 1 fully saturated rings. The lowest BCUT2D eigenvalue weighted by molar-refractivity contribution is 0.0746. The zero-order valence-corrected chi connectivity index (χ0v) is 18.7. The van der Waals surface area contributed by atoms with Crippen molar-refractivity contribution in [2.24, 2.45) is 0 Å². The molecule has 0 atom stereocenters. The van der Waals surface area contributed by atoms with Crippen LogP contribution in [-0.2, 0) is 0 Å². The highest BCUT2D eigenvalue weighted by Crippen LogP contribution is 2.27. The Kier molecular flexibility index (Phi) is 5.36. The first-order chi connectivity index (χ1) is 15.5. The number of piperazine rings is 1. The third-order valence-corrected chi connectivity index (χ3v) is 5.99. The van der Waals surface area contributed by atoms with E-state index in [1.54, 1.807) is 27.6 Å². The SMILES string of the molecule is Cc1cc(Nc2nc(N3CCN(C(=O)c4c(Cl)cccc4Cl)CC3)nn3cccc23)n[nH]1. The first-order valence-electron chi connectivity index (χ1n) is 10.1. The number of nitrogens with one attached hydrogen (secondary N) is 2. The Bertz CT molecular complexity index is 1270. The van der Waals surface area contributed by atoms with Crippen LogP contribution in [0.5, 0.6) is 0 Å². The largest absolute Gasteiger partial charge is 0.336 e. The molecule has 1 aromatic carbocycles. The number of benzene rings is 1. The number of anilines is 3. The molecule has 9 nitrogen and oxygen atoms in total. The van der Waals surface area contributed by atoms with Crippen molar-refractivity contribution in [3.05, 3.63) is 63.9 Å². The molecule has 0 radical (unpaired) electrons. The second kappa shape index (κ2) is 8.33. The van der Waals surface area contributed by atoms with Gasteiger partial charge in [-0.25, -0.2) is 4.52 Å². The number of hydrogen-bond donors (Lipinski definition) is 2. The maximum absolute atomic E-state index is 13.0. The van der Waals surface area contributed by atoms with Gasteiger partial charge in [0.05, 0.1) is 15.6 Å². The quantitative estimate of drug-likeness (QED) is 0.471. The van der Waals surface area contributed by atoms with Crippen LogP contribution in [0.1, 0.15) is 16.1 Å². The molecule has 32 heavy (non-hydrogen) atoms. The van der Waals surface area contributed by atoms with Gasteiger partial charge in [0.15, 0.2) is 11.6 Å². The number of rotatable bonds is 4. The number of H-pyrrole nitrogens is 1. The van der Waals surface area contributed by atoms with Crippen LogP contribution in [0.3, 0.4) is 0 Å². The van der Waals surface area contributed by atoms with Crippen LogP contribution in [0.15, 0.2) is 42.6 Å². The molecule has 2 N–H and O–H groups in total. The molecule has 1 saturated heterocycles. The van der Waals surface area contributed by atoms with Crippen molar-refractivity contribution in [3.8, 4) is 0 Å². The van der Waals surface area contributed by atoms with E-state index in [-0.39, 0.29) is 5.91 Å². The molecule has 4 heterocycles. The molecule has 0 aliphatic carbocycles. The van der Waals surface area contributed by atoms with E-state index in [4.69, 9.17) is 28.2 Å². The fourth-order valence-corrected chi connectivity index (χ4v) is 4.28. The van der Waals surface area contributed by atoms with Crippen molar-refractivity contribution in [3.63, 3.8) is 0 Å². The lowest BCUT2D eigenvalue weighted by Gasteiger charge is -2.35. The number of nitrogens with zero attached hydrogens (tertiary/aromatic N) is 6. The Balaban J connectivity index is 1.35. The molecule has 11 heteroatoms. The minimum atomic E-state index is -0.168. The predicted octanol–water partition coefficient (Wildman–Crippen LogP) is 3.77. The van der Waals surface area contributed by atoms with Gasteiger partial charge < -0.3 is 15.1 Å². The van der Waals surface area contributed by atoms with Crippen molar-refractivity contribution in [2.75, 3.05) is 36.4 Å². The predicted molar refractivity (Wildman–Crippen MR) is 124 cm³/mol. The first kappa shape index (κ1) is 20.6. The molecule has 3 aromatic heterocycles. The zero-order chi connectivity index (χ0) is 22.2. The smallest absolute Gasteiger partial charge is 0.257 e. The standard InChI is InChI=1S/C21H20Cl2N8O/c1-13-12-17(27-26-13)24-19-16-6-3-7-31(16)28-21(25-19)30-10-8-29(9-11-30)20(32)18-14(22)4-2-5-15(18)23/h2-7,12H,8-11H2,1H3,(H2,24,25,26,27,28). The number of carbonyl (C=O) groups excluding carboxylic acids is 1. The fourth-order valence-electron chi connectivity index (χ4n) is 3.72. The number of hydrogen-bond acceptors (Lipinski definition) is 6. The van der Waals surface area contributed by atoms with Gasteiger partial charge in [-0.2, -0.15) is 10.1 Å². The second-order valence-electron chi connectivity index (χ2n) is 7.54. The number of fused-ring (bicyclic) bond motifs is 1. The van der Waals surface area contributed by atoms with Gasteiger partial charge in [-0.05, 0) is 31.2 Å². The third-order valence-electron chi connectivity index (χ3n) is 5.36. The summed E-state index contributed by atoms with van der Waals surface area (Å²) in [5, 5.41) is 15.8. The van der Waals surface area contributed by atoms with E-state index < -0.39 is 0 Å². The average molecular weight is 471 g/mol. The Morgan fingerprint density at radius 1 is 1.09 bits per heavy atom. The maximum Gasteiger partial charge on any atom is 0.257 e. The minimum absolute atomic E-state index is 0.168. The summed E-state index contributed by atoms with van der Waals surface area (Å²) in [4.78, 5) is 21.5. The zero-order valence-electron chi connectivity index (χ0n) is 17.2. The fraction of sp³-hybridized carbons (Fsp3) is 0.238. The van der Waals surface area contributed by atoms with E-state index in [2.05, 4.69) is 25.5 Å². The number of carbonyl (C=O) groups is 1. The van der Waals surface area contributed by atoms with Crippen LogP contribution in [-0.4, -0.2) is 61.8 Å². The van der Waals surface area contributed by atoms with E-state index >= 15 is 0 Å². The first-order valence-corrected chi connectivity index (χ1v) is 10.9. The van der Waals surface area contributed by atoms with Gasteiger partial charge in [-0.15, -0.1) is 5.10 Å². The van der Waals surface area contributed by atoms with E-state index in [1.165, 1.54) is 0 Å². The topological polar surface area (TPSA) is 94.5 Å². The Labute approximate surface area is 193 Å². The lowest BCUT2D eigenvalue weighted by atomic mass is 10.1. The summed E-state index contributed by atoms with van der Waals surface area (Å²) in [7, 11) is 0. The van der Waals surface area contributed by atoms with Gasteiger partial charge in [-0.3, -0.25) is 9.89 Å². The molecule has 164 valence electrons. The van der Waals surface area contributed by atoms with Crippen LogP contribution >= 0.6 is 23.2 Å². The van der Waals surface area contributed by atoms with E-state index in [0.29, 0.717) is 59.4 Å². The van der Waals surface area contributed by atoms with E-state index in [9.17, 15) is 4.79 Å². The highest BCUT2D eigenvalue weighted by molar-refractivity contribution is 6.39. The molecule has 0 saturated carbocycles. The summed E-state index contributed by atoms with van der Waals surface area (Å²) in [5.74, 6) is 1.75. The number of amides is 1. The van der Waals surface area contributed by atoms with Crippen LogP contribution in [0, 0.1) is 6.92 Å². The van der Waals surface area contributed by atoms with Crippen molar-refractivity contribution < 1.29 is 4.79 Å². The Morgan fingerprint density at radius 3 is 2.53 bits per heavy atom. The van der Waals surface area contributed by atoms with Crippen molar-refractivity contribution in [2.45, 2.75) is 6.92 Å². The lowest BCUT2D eigenvalue weighted by Crippen LogP contribution is -2.49. The maximum atomic E-state index is 13.0. The summed E-state index contributed by atoms with van der Waals surface area (Å²) >= 11 is 12.4. The van der Waals surface area contributed by atoms with Gasteiger partial charge in [-0.1, -0.05) is 29.3 Å². The molecule has 5 rings (SSSR count). The molecule has 0 bridgehead atoms. The van der Waals surface area contributed by atoms with Crippen LogP contribution in [0.2, 0.25) is 10.0 Å². The van der Waals surface area contributed by atoms with Gasteiger partial charge >= 0.3 is 0 Å². The summed E-state index contributed by atoms with van der Waals surface area (Å²) < 4.78 is 1.78. The molecule has 1 aliphatic heterocycles. The van der Waals surface area contributed by atoms with Gasteiger partial charge in [0.25, 0.3) is 5.91 Å². The van der Waals surface area contributed by atoms with Crippen molar-refractivity contribution in [1.82, 2.24) is 29.7 Å². The minimum Gasteiger partial charge on any atom is -0.336 e. The van der Waals surface area contributed by atoms with Crippen molar-refractivity contribution >= 4 is 52.2 Å².